The Morgan fingerprint density at radius 3 is 2.73 bits per heavy atom. The van der Waals surface area contributed by atoms with Gasteiger partial charge in [-0.3, -0.25) is 4.99 Å². The summed E-state index contributed by atoms with van der Waals surface area (Å²) in [6, 6.07) is 8.73. The van der Waals surface area contributed by atoms with Crippen molar-refractivity contribution in [3.05, 3.63) is 28.7 Å². The molecule has 2 fully saturated rings. The van der Waals surface area contributed by atoms with Crippen molar-refractivity contribution >= 4 is 37.4 Å². The molecule has 2 heterocycles. The first-order chi connectivity index (χ1) is 12.4. The lowest BCUT2D eigenvalue weighted by molar-refractivity contribution is 0.586. The summed E-state index contributed by atoms with van der Waals surface area (Å²) in [7, 11) is -2.84. The summed E-state index contributed by atoms with van der Waals surface area (Å²) >= 11 is 3.48. The molecule has 144 valence electrons. The first-order valence-electron chi connectivity index (χ1n) is 9.21. The SMILES string of the molecule is CCNC(=NCC1CCS(=O)(=O)C1)NC1CCN(c2ccc(Br)cc2)C1. The molecule has 8 heteroatoms. The van der Waals surface area contributed by atoms with E-state index < -0.39 is 9.84 Å². The van der Waals surface area contributed by atoms with Gasteiger partial charge in [0.05, 0.1) is 11.5 Å². The fourth-order valence-corrected chi connectivity index (χ4v) is 5.63. The number of aliphatic imine (C=N–C) groups is 1. The van der Waals surface area contributed by atoms with E-state index in [4.69, 9.17) is 0 Å². The lowest BCUT2D eigenvalue weighted by Crippen LogP contribution is -2.44. The molecule has 0 amide bonds. The number of hydrogen-bond acceptors (Lipinski definition) is 4. The predicted octanol–water partition coefficient (Wildman–Crippen LogP) is 2.02. The largest absolute Gasteiger partial charge is 0.369 e. The lowest BCUT2D eigenvalue weighted by atomic mass is 10.1. The number of halogens is 1. The molecule has 3 rings (SSSR count). The van der Waals surface area contributed by atoms with E-state index in [0.717, 1.165) is 42.9 Å². The molecule has 2 unspecified atom stereocenters. The van der Waals surface area contributed by atoms with E-state index in [2.05, 4.69) is 60.7 Å². The maximum atomic E-state index is 11.6. The van der Waals surface area contributed by atoms with Gasteiger partial charge in [-0.25, -0.2) is 8.42 Å². The van der Waals surface area contributed by atoms with E-state index in [0.29, 0.717) is 18.3 Å². The number of sulfone groups is 1. The Bertz CT molecular complexity index is 736. The van der Waals surface area contributed by atoms with Crippen LogP contribution in [0.4, 0.5) is 5.69 Å². The van der Waals surface area contributed by atoms with Crippen LogP contribution in [0.15, 0.2) is 33.7 Å². The minimum Gasteiger partial charge on any atom is -0.369 e. The van der Waals surface area contributed by atoms with Crippen molar-refractivity contribution in [1.29, 1.82) is 0 Å². The summed E-state index contributed by atoms with van der Waals surface area (Å²) in [6.45, 7) is 5.35. The van der Waals surface area contributed by atoms with Gasteiger partial charge in [-0.15, -0.1) is 0 Å². The molecule has 26 heavy (non-hydrogen) atoms. The Kier molecular flexibility index (Phi) is 6.45. The summed E-state index contributed by atoms with van der Waals surface area (Å²) in [5, 5.41) is 6.79. The Morgan fingerprint density at radius 2 is 2.08 bits per heavy atom. The van der Waals surface area contributed by atoms with Gasteiger partial charge in [-0.2, -0.15) is 0 Å². The van der Waals surface area contributed by atoms with Crippen LogP contribution in [0, 0.1) is 5.92 Å². The van der Waals surface area contributed by atoms with Gasteiger partial charge >= 0.3 is 0 Å². The van der Waals surface area contributed by atoms with Crippen LogP contribution in [0.5, 0.6) is 0 Å². The Labute approximate surface area is 164 Å². The van der Waals surface area contributed by atoms with E-state index in [9.17, 15) is 8.42 Å². The number of anilines is 1. The second-order valence-corrected chi connectivity index (χ2v) is 10.2. The fourth-order valence-electron chi connectivity index (χ4n) is 3.51. The van der Waals surface area contributed by atoms with E-state index in [1.807, 2.05) is 6.92 Å². The molecule has 2 N–H and O–H groups in total. The van der Waals surface area contributed by atoms with Gasteiger partial charge < -0.3 is 15.5 Å². The molecule has 0 aromatic heterocycles. The van der Waals surface area contributed by atoms with Crippen LogP contribution in [0.2, 0.25) is 0 Å². The predicted molar refractivity (Wildman–Crippen MR) is 111 cm³/mol. The third-order valence-electron chi connectivity index (χ3n) is 4.90. The van der Waals surface area contributed by atoms with E-state index in [1.54, 1.807) is 0 Å². The van der Waals surface area contributed by atoms with Crippen LogP contribution in [-0.2, 0) is 9.84 Å². The number of nitrogens with one attached hydrogen (secondary N) is 2. The van der Waals surface area contributed by atoms with Gasteiger partial charge in [0.1, 0.15) is 0 Å². The molecule has 0 aliphatic carbocycles. The third kappa shape index (κ3) is 5.36. The molecule has 1 aromatic rings. The molecular weight excluding hydrogens is 416 g/mol. The number of rotatable bonds is 5. The van der Waals surface area contributed by atoms with Crippen LogP contribution in [0.25, 0.3) is 0 Å². The number of guanidine groups is 1. The highest BCUT2D eigenvalue weighted by molar-refractivity contribution is 9.10. The van der Waals surface area contributed by atoms with Gasteiger partial charge in [0.2, 0.25) is 0 Å². The van der Waals surface area contributed by atoms with Crippen LogP contribution in [0.3, 0.4) is 0 Å². The molecule has 2 aliphatic rings. The standard InChI is InChI=1S/C18H27BrN4O2S/c1-2-20-18(21-11-14-8-10-26(24,25)13-14)22-16-7-9-23(12-16)17-5-3-15(19)4-6-17/h3-6,14,16H,2,7-13H2,1H3,(H2,20,21,22). The number of hydrogen-bond donors (Lipinski definition) is 2. The van der Waals surface area contributed by atoms with Gasteiger partial charge in [-0.05, 0) is 49.9 Å². The van der Waals surface area contributed by atoms with Crippen molar-refractivity contribution in [3.63, 3.8) is 0 Å². The van der Waals surface area contributed by atoms with E-state index in [-0.39, 0.29) is 11.7 Å². The maximum absolute atomic E-state index is 11.6. The second kappa shape index (κ2) is 8.61. The molecule has 6 nitrogen and oxygen atoms in total. The normalized spacial score (nSPS) is 25.5. The Balaban J connectivity index is 1.55. The minimum absolute atomic E-state index is 0.151. The Morgan fingerprint density at radius 1 is 1.31 bits per heavy atom. The average Bonchev–Trinajstić information content (AvgIpc) is 3.20. The molecule has 2 aliphatic heterocycles. The van der Waals surface area contributed by atoms with Crippen molar-refractivity contribution in [2.45, 2.75) is 25.8 Å². The van der Waals surface area contributed by atoms with Gasteiger partial charge in [-0.1, -0.05) is 15.9 Å². The fraction of sp³-hybridized carbons (Fsp3) is 0.611. The van der Waals surface area contributed by atoms with Gasteiger partial charge in [0.25, 0.3) is 0 Å². The quantitative estimate of drug-likeness (QED) is 0.538. The highest BCUT2D eigenvalue weighted by atomic mass is 79.9. The van der Waals surface area contributed by atoms with Crippen molar-refractivity contribution in [2.75, 3.05) is 42.6 Å². The summed E-state index contributed by atoms with van der Waals surface area (Å²) in [5.74, 6) is 1.52. The molecule has 2 saturated heterocycles. The molecule has 0 saturated carbocycles. The monoisotopic (exact) mass is 442 g/mol. The van der Waals surface area contributed by atoms with Crippen molar-refractivity contribution < 1.29 is 8.42 Å². The third-order valence-corrected chi connectivity index (χ3v) is 7.27. The molecule has 0 radical (unpaired) electrons. The van der Waals surface area contributed by atoms with E-state index >= 15 is 0 Å². The number of nitrogens with zero attached hydrogens (tertiary/aromatic N) is 2. The summed E-state index contributed by atoms with van der Waals surface area (Å²) in [4.78, 5) is 7.01. The smallest absolute Gasteiger partial charge is 0.191 e. The van der Waals surface area contributed by atoms with Gasteiger partial charge in [0, 0.05) is 42.4 Å². The van der Waals surface area contributed by atoms with Crippen molar-refractivity contribution in [3.8, 4) is 0 Å². The zero-order chi connectivity index (χ0) is 18.6. The lowest BCUT2D eigenvalue weighted by Gasteiger charge is -2.20. The van der Waals surface area contributed by atoms with Crippen molar-refractivity contribution in [1.82, 2.24) is 10.6 Å². The van der Waals surface area contributed by atoms with Crippen LogP contribution in [0.1, 0.15) is 19.8 Å². The molecular formula is C18H27BrN4O2S. The highest BCUT2D eigenvalue weighted by Crippen LogP contribution is 2.22. The summed E-state index contributed by atoms with van der Waals surface area (Å²) in [5.41, 5.74) is 1.23. The summed E-state index contributed by atoms with van der Waals surface area (Å²) < 4.78 is 24.3. The second-order valence-electron chi connectivity index (χ2n) is 7.04. The van der Waals surface area contributed by atoms with Crippen molar-refractivity contribution in [2.24, 2.45) is 10.9 Å². The zero-order valence-corrected chi connectivity index (χ0v) is 17.5. The summed E-state index contributed by atoms with van der Waals surface area (Å²) in [6.07, 6.45) is 1.78. The molecule has 0 spiro atoms. The maximum Gasteiger partial charge on any atom is 0.191 e. The van der Waals surface area contributed by atoms with Crippen LogP contribution < -0.4 is 15.5 Å². The zero-order valence-electron chi connectivity index (χ0n) is 15.1. The van der Waals surface area contributed by atoms with E-state index in [1.165, 1.54) is 5.69 Å². The first kappa shape index (κ1) is 19.5. The van der Waals surface area contributed by atoms with Crippen LogP contribution in [-0.4, -0.2) is 58.1 Å². The Hall–Kier alpha value is -1.28. The molecule has 1 aromatic carbocycles. The first-order valence-corrected chi connectivity index (χ1v) is 11.8. The topological polar surface area (TPSA) is 73.8 Å². The van der Waals surface area contributed by atoms with Gasteiger partial charge in [0.15, 0.2) is 15.8 Å². The average molecular weight is 443 g/mol. The highest BCUT2D eigenvalue weighted by Gasteiger charge is 2.28. The van der Waals surface area contributed by atoms with Crippen LogP contribution >= 0.6 is 15.9 Å². The molecule has 2 atom stereocenters. The molecule has 0 bridgehead atoms. The number of benzene rings is 1. The minimum atomic E-state index is -2.84.